The molecule has 0 unspecified atom stereocenters. The lowest BCUT2D eigenvalue weighted by Crippen LogP contribution is -2.25. The Hall–Kier alpha value is -1.89. The number of benzene rings is 2. The third-order valence-electron chi connectivity index (χ3n) is 3.25. The van der Waals surface area contributed by atoms with Crippen LogP contribution in [0.15, 0.2) is 54.6 Å². The van der Waals surface area contributed by atoms with Crippen LogP contribution in [0.2, 0.25) is 0 Å². The molecule has 0 aliphatic carbocycles. The van der Waals surface area contributed by atoms with E-state index in [1.807, 2.05) is 54.6 Å². The summed E-state index contributed by atoms with van der Waals surface area (Å²) >= 11 is 0. The zero-order valence-corrected chi connectivity index (χ0v) is 13.1. The lowest BCUT2D eigenvalue weighted by molar-refractivity contribution is 0.199. The SMILES string of the molecule is C[C@@H](O)c1cccc(N(CO[SH](=O)=O)Cc2ccccc2)c1. The van der Waals surface area contributed by atoms with Gasteiger partial charge < -0.3 is 10.0 Å². The second-order valence-corrected chi connectivity index (χ2v) is 5.64. The lowest BCUT2D eigenvalue weighted by atomic mass is 10.1. The van der Waals surface area contributed by atoms with Gasteiger partial charge in [-0.15, -0.1) is 0 Å². The van der Waals surface area contributed by atoms with Gasteiger partial charge in [-0.05, 0) is 30.2 Å². The van der Waals surface area contributed by atoms with Crippen LogP contribution in [-0.2, 0) is 21.7 Å². The van der Waals surface area contributed by atoms with Gasteiger partial charge in [0.1, 0.15) is 6.73 Å². The molecule has 1 N–H and O–H groups in total. The molecule has 0 aromatic heterocycles. The Labute approximate surface area is 131 Å². The Morgan fingerprint density at radius 2 is 1.86 bits per heavy atom. The zero-order chi connectivity index (χ0) is 15.9. The van der Waals surface area contributed by atoms with Crippen LogP contribution in [0, 0.1) is 0 Å². The van der Waals surface area contributed by atoms with Crippen LogP contribution in [0.5, 0.6) is 0 Å². The van der Waals surface area contributed by atoms with Crippen molar-refractivity contribution in [2.45, 2.75) is 19.6 Å². The molecule has 0 fully saturated rings. The first kappa shape index (κ1) is 16.5. The van der Waals surface area contributed by atoms with Gasteiger partial charge in [0.15, 0.2) is 0 Å². The van der Waals surface area contributed by atoms with Gasteiger partial charge in [-0.25, -0.2) is 8.42 Å². The first-order chi connectivity index (χ1) is 10.6. The zero-order valence-electron chi connectivity index (χ0n) is 12.3. The van der Waals surface area contributed by atoms with Crippen LogP contribution in [-0.4, -0.2) is 20.3 Å². The number of nitrogens with zero attached hydrogens (tertiary/aromatic N) is 1. The molecule has 2 aromatic rings. The van der Waals surface area contributed by atoms with Crippen LogP contribution in [0.1, 0.15) is 24.2 Å². The summed E-state index contributed by atoms with van der Waals surface area (Å²) in [5.41, 5.74) is 2.59. The fourth-order valence-electron chi connectivity index (χ4n) is 2.11. The van der Waals surface area contributed by atoms with Crippen LogP contribution in [0.3, 0.4) is 0 Å². The summed E-state index contributed by atoms with van der Waals surface area (Å²) in [5, 5.41) is 9.69. The Balaban J connectivity index is 2.25. The molecule has 1 atom stereocenters. The first-order valence-electron chi connectivity index (χ1n) is 6.90. The molecular weight excluding hydrogens is 302 g/mol. The average Bonchev–Trinajstić information content (AvgIpc) is 2.52. The van der Waals surface area contributed by atoms with E-state index in [1.54, 1.807) is 11.8 Å². The standard InChI is InChI=1S/C16H19NO4S/c1-13(18)15-8-5-9-16(10-15)17(12-21-22(19)20)11-14-6-3-2-4-7-14/h2-10,13,18,22H,11-12H2,1H3/t13-/m1/s1. The van der Waals surface area contributed by atoms with Gasteiger partial charge in [0.05, 0.1) is 6.10 Å². The minimum atomic E-state index is -2.91. The predicted molar refractivity (Wildman–Crippen MR) is 86.0 cm³/mol. The van der Waals surface area contributed by atoms with Crippen molar-refractivity contribution >= 4 is 16.7 Å². The normalized spacial score (nSPS) is 12.3. The molecule has 2 aromatic carbocycles. The summed E-state index contributed by atoms with van der Waals surface area (Å²) in [6.45, 7) is 2.12. The minimum absolute atomic E-state index is 0.0726. The number of hydrogen-bond acceptors (Lipinski definition) is 5. The number of aliphatic hydroxyl groups excluding tert-OH is 1. The third-order valence-corrected chi connectivity index (χ3v) is 3.58. The topological polar surface area (TPSA) is 66.8 Å². The Morgan fingerprint density at radius 3 is 2.50 bits per heavy atom. The van der Waals surface area contributed by atoms with Gasteiger partial charge in [-0.1, -0.05) is 42.5 Å². The molecule has 0 aliphatic rings. The van der Waals surface area contributed by atoms with Crippen LogP contribution < -0.4 is 4.90 Å². The van der Waals surface area contributed by atoms with Crippen molar-refractivity contribution in [2.75, 3.05) is 11.6 Å². The van der Waals surface area contributed by atoms with Gasteiger partial charge in [-0.2, -0.15) is 0 Å². The maximum atomic E-state index is 10.7. The van der Waals surface area contributed by atoms with Gasteiger partial charge in [0.2, 0.25) is 0 Å². The summed E-state index contributed by atoms with van der Waals surface area (Å²) in [4.78, 5) is 1.80. The van der Waals surface area contributed by atoms with E-state index >= 15 is 0 Å². The van der Waals surface area contributed by atoms with Gasteiger partial charge in [-0.3, -0.25) is 4.18 Å². The van der Waals surface area contributed by atoms with E-state index in [2.05, 4.69) is 0 Å². The van der Waals surface area contributed by atoms with Crippen LogP contribution in [0.25, 0.3) is 0 Å². The highest BCUT2D eigenvalue weighted by atomic mass is 32.2. The summed E-state index contributed by atoms with van der Waals surface area (Å²) in [6, 6.07) is 17.0. The molecule has 0 bridgehead atoms. The molecular formula is C16H19NO4S. The molecule has 0 heterocycles. The molecule has 22 heavy (non-hydrogen) atoms. The molecule has 6 heteroatoms. The number of anilines is 1. The molecule has 0 amide bonds. The van der Waals surface area contributed by atoms with Crippen LogP contribution >= 0.6 is 0 Å². The molecule has 5 nitrogen and oxygen atoms in total. The molecule has 0 saturated carbocycles. The Morgan fingerprint density at radius 1 is 1.14 bits per heavy atom. The fraction of sp³-hybridized carbons (Fsp3) is 0.250. The minimum Gasteiger partial charge on any atom is -0.389 e. The van der Waals surface area contributed by atoms with Crippen molar-refractivity contribution in [1.82, 2.24) is 0 Å². The molecule has 0 aliphatic heterocycles. The van der Waals surface area contributed by atoms with Crippen LogP contribution in [0.4, 0.5) is 5.69 Å². The lowest BCUT2D eigenvalue weighted by Gasteiger charge is -2.24. The van der Waals surface area contributed by atoms with Crippen molar-refractivity contribution < 1.29 is 17.7 Å². The van der Waals surface area contributed by atoms with E-state index in [0.717, 1.165) is 16.8 Å². The fourth-order valence-corrected chi connectivity index (χ4v) is 2.35. The van der Waals surface area contributed by atoms with E-state index < -0.39 is 17.1 Å². The van der Waals surface area contributed by atoms with Gasteiger partial charge >= 0.3 is 0 Å². The summed E-state index contributed by atoms with van der Waals surface area (Å²) in [5.74, 6) is 0. The van der Waals surface area contributed by atoms with E-state index in [9.17, 15) is 13.5 Å². The number of hydrogen-bond donors (Lipinski definition) is 2. The highest BCUT2D eigenvalue weighted by Gasteiger charge is 2.10. The van der Waals surface area contributed by atoms with E-state index in [1.165, 1.54) is 0 Å². The van der Waals surface area contributed by atoms with Gasteiger partial charge in [0.25, 0.3) is 11.0 Å². The second-order valence-electron chi connectivity index (χ2n) is 4.94. The van der Waals surface area contributed by atoms with Gasteiger partial charge in [0, 0.05) is 12.2 Å². The smallest absolute Gasteiger partial charge is 0.258 e. The predicted octanol–water partition coefficient (Wildman–Crippen LogP) is 2.25. The maximum absolute atomic E-state index is 10.7. The van der Waals surface area contributed by atoms with E-state index in [-0.39, 0.29) is 6.73 Å². The molecule has 118 valence electrons. The quantitative estimate of drug-likeness (QED) is 0.605. The molecule has 2 rings (SSSR count). The summed E-state index contributed by atoms with van der Waals surface area (Å²) in [6.07, 6.45) is -0.587. The van der Waals surface area contributed by atoms with Crippen molar-refractivity contribution in [3.05, 3.63) is 65.7 Å². The van der Waals surface area contributed by atoms with E-state index in [4.69, 9.17) is 4.18 Å². The highest BCUT2D eigenvalue weighted by molar-refractivity contribution is 7.67. The number of rotatable bonds is 7. The van der Waals surface area contributed by atoms with Crippen molar-refractivity contribution in [3.63, 3.8) is 0 Å². The van der Waals surface area contributed by atoms with Crippen molar-refractivity contribution in [3.8, 4) is 0 Å². The molecule has 0 spiro atoms. The second kappa shape index (κ2) is 7.93. The third kappa shape index (κ3) is 4.84. The van der Waals surface area contributed by atoms with Crippen molar-refractivity contribution in [1.29, 1.82) is 0 Å². The number of thiol groups is 1. The largest absolute Gasteiger partial charge is 0.389 e. The monoisotopic (exact) mass is 321 g/mol. The summed E-state index contributed by atoms with van der Waals surface area (Å²) < 4.78 is 26.2. The average molecular weight is 321 g/mol. The number of aliphatic hydroxyl groups is 1. The van der Waals surface area contributed by atoms with Crippen molar-refractivity contribution in [2.24, 2.45) is 0 Å². The highest BCUT2D eigenvalue weighted by Crippen LogP contribution is 2.22. The Bertz CT molecular complexity index is 663. The molecule has 0 radical (unpaired) electrons. The van der Waals surface area contributed by atoms with E-state index in [0.29, 0.717) is 6.54 Å². The maximum Gasteiger partial charge on any atom is 0.258 e. The molecule has 0 saturated heterocycles. The first-order valence-corrected chi connectivity index (χ1v) is 8.00. The summed E-state index contributed by atoms with van der Waals surface area (Å²) in [7, 11) is -2.91. The Kier molecular flexibility index (Phi) is 5.94.